The number of amides is 1. The number of aromatic nitrogens is 2. The molecule has 2 aliphatic heterocycles. The molecule has 0 aromatic carbocycles. The van der Waals surface area contributed by atoms with E-state index in [1.54, 1.807) is 11.3 Å². The molecule has 0 N–H and O–H groups in total. The fourth-order valence-electron chi connectivity index (χ4n) is 4.25. The Kier molecular flexibility index (Phi) is 3.31. The predicted octanol–water partition coefficient (Wildman–Crippen LogP) is 2.54. The Labute approximate surface area is 145 Å². The average Bonchev–Trinajstić information content (AvgIpc) is 2.97. The number of carbonyl (C=O) groups is 1. The molecule has 0 spiro atoms. The van der Waals surface area contributed by atoms with Gasteiger partial charge in [-0.3, -0.25) is 9.69 Å². The molecule has 3 aliphatic rings. The highest BCUT2D eigenvalue weighted by Gasteiger charge is 2.45. The van der Waals surface area contributed by atoms with Gasteiger partial charge in [-0.2, -0.15) is 0 Å². The maximum absolute atomic E-state index is 13.0. The number of fused-ring (bicyclic) bond motifs is 3. The van der Waals surface area contributed by atoms with Crippen LogP contribution >= 0.6 is 11.3 Å². The summed E-state index contributed by atoms with van der Waals surface area (Å²) in [5, 5.41) is 3.15. The lowest BCUT2D eigenvalue weighted by molar-refractivity contribution is 0.0554. The molecule has 0 radical (unpaired) electrons. The second-order valence-electron chi connectivity index (χ2n) is 7.39. The minimum absolute atomic E-state index is 0.153. The molecule has 5 rings (SSSR count). The van der Waals surface area contributed by atoms with E-state index in [1.165, 1.54) is 19.4 Å². The Bertz CT molecular complexity index is 778. The van der Waals surface area contributed by atoms with Gasteiger partial charge in [-0.1, -0.05) is 0 Å². The van der Waals surface area contributed by atoms with Crippen LogP contribution in [0.25, 0.3) is 0 Å². The van der Waals surface area contributed by atoms with Gasteiger partial charge in [0.25, 0.3) is 5.91 Å². The fraction of sp³-hybridized carbons (Fsp3) is 0.556. The van der Waals surface area contributed by atoms with Crippen LogP contribution in [0.15, 0.2) is 23.7 Å². The molecule has 0 unspecified atom stereocenters. The van der Waals surface area contributed by atoms with Crippen molar-refractivity contribution < 1.29 is 4.79 Å². The average molecular weight is 342 g/mol. The highest BCUT2D eigenvalue weighted by Crippen LogP contribution is 2.37. The Hall–Kier alpha value is -1.66. The topological polar surface area (TPSA) is 41.4 Å². The van der Waals surface area contributed by atoms with Crippen LogP contribution in [0.4, 0.5) is 0 Å². The number of aryl methyl sites for hydroxylation is 1. The Morgan fingerprint density at radius 3 is 2.88 bits per heavy atom. The molecular formula is C18H22N4OS. The molecule has 2 fully saturated rings. The lowest BCUT2D eigenvalue weighted by Crippen LogP contribution is -2.49. The number of hydrogen-bond donors (Lipinski definition) is 0. The van der Waals surface area contributed by atoms with E-state index in [0.717, 1.165) is 35.4 Å². The quantitative estimate of drug-likeness (QED) is 0.857. The largest absolute Gasteiger partial charge is 0.337 e. The summed E-state index contributed by atoms with van der Waals surface area (Å²) in [5.74, 6) is 1.04. The summed E-state index contributed by atoms with van der Waals surface area (Å²) in [6, 6.07) is 4.61. The molecule has 6 heteroatoms. The molecule has 1 saturated heterocycles. The zero-order valence-corrected chi connectivity index (χ0v) is 14.7. The Morgan fingerprint density at radius 2 is 2.12 bits per heavy atom. The zero-order chi connectivity index (χ0) is 16.3. The first-order valence-corrected chi connectivity index (χ1v) is 9.68. The monoisotopic (exact) mass is 342 g/mol. The molecule has 4 heterocycles. The molecular weight excluding hydrogens is 320 g/mol. The van der Waals surface area contributed by atoms with Crippen LogP contribution in [0.5, 0.6) is 0 Å². The van der Waals surface area contributed by atoms with Crippen molar-refractivity contribution in [1.82, 2.24) is 19.4 Å². The second-order valence-corrected chi connectivity index (χ2v) is 8.45. The number of rotatable bonds is 4. The highest BCUT2D eigenvalue weighted by molar-refractivity contribution is 7.09. The molecule has 24 heavy (non-hydrogen) atoms. The summed E-state index contributed by atoms with van der Waals surface area (Å²) in [4.78, 5) is 22.2. The fourth-order valence-corrected chi connectivity index (χ4v) is 4.85. The van der Waals surface area contributed by atoms with Crippen LogP contribution in [-0.4, -0.2) is 50.9 Å². The SMILES string of the molecule is Cc1nc(CN2C(=O)c3cccn3[C@H]3CN(CC4CC4)C[C@H]32)cs1. The first-order valence-electron chi connectivity index (χ1n) is 8.80. The predicted molar refractivity (Wildman–Crippen MR) is 93.1 cm³/mol. The third-order valence-corrected chi connectivity index (χ3v) is 6.39. The summed E-state index contributed by atoms with van der Waals surface area (Å²) < 4.78 is 2.21. The third-order valence-electron chi connectivity index (χ3n) is 5.56. The van der Waals surface area contributed by atoms with E-state index < -0.39 is 0 Å². The lowest BCUT2D eigenvalue weighted by Gasteiger charge is -2.38. The van der Waals surface area contributed by atoms with Gasteiger partial charge < -0.3 is 9.47 Å². The molecule has 126 valence electrons. The van der Waals surface area contributed by atoms with Gasteiger partial charge in [-0.25, -0.2) is 4.98 Å². The van der Waals surface area contributed by atoms with Gasteiger partial charge in [0, 0.05) is 31.2 Å². The maximum Gasteiger partial charge on any atom is 0.271 e. The van der Waals surface area contributed by atoms with Gasteiger partial charge in [0.05, 0.1) is 29.3 Å². The first kappa shape index (κ1) is 14.7. The summed E-state index contributed by atoms with van der Waals surface area (Å²) >= 11 is 1.66. The van der Waals surface area contributed by atoms with Crippen LogP contribution in [0.2, 0.25) is 0 Å². The van der Waals surface area contributed by atoms with E-state index in [-0.39, 0.29) is 11.9 Å². The summed E-state index contributed by atoms with van der Waals surface area (Å²) in [6.45, 7) is 5.90. The van der Waals surface area contributed by atoms with Crippen molar-refractivity contribution in [2.45, 2.75) is 38.4 Å². The normalized spacial score (nSPS) is 26.7. The van der Waals surface area contributed by atoms with E-state index in [1.807, 2.05) is 19.1 Å². The number of thiazole rings is 1. The molecule has 1 aliphatic carbocycles. The van der Waals surface area contributed by atoms with E-state index >= 15 is 0 Å². The van der Waals surface area contributed by atoms with Crippen molar-refractivity contribution in [3.8, 4) is 0 Å². The van der Waals surface area contributed by atoms with Crippen molar-refractivity contribution >= 4 is 17.2 Å². The molecule has 2 aromatic rings. The number of nitrogens with zero attached hydrogens (tertiary/aromatic N) is 4. The minimum Gasteiger partial charge on any atom is -0.337 e. The van der Waals surface area contributed by atoms with E-state index in [0.29, 0.717) is 12.6 Å². The van der Waals surface area contributed by atoms with Gasteiger partial charge in [-0.15, -0.1) is 11.3 Å². The summed E-state index contributed by atoms with van der Waals surface area (Å²) in [7, 11) is 0. The molecule has 2 atom stereocenters. The Balaban J connectivity index is 1.45. The second kappa shape index (κ2) is 5.43. The van der Waals surface area contributed by atoms with Crippen LogP contribution in [0.3, 0.4) is 0 Å². The smallest absolute Gasteiger partial charge is 0.271 e. The Morgan fingerprint density at radius 1 is 1.29 bits per heavy atom. The minimum atomic E-state index is 0.153. The van der Waals surface area contributed by atoms with Crippen molar-refractivity contribution in [3.05, 3.63) is 40.1 Å². The van der Waals surface area contributed by atoms with Crippen molar-refractivity contribution in [2.75, 3.05) is 19.6 Å². The lowest BCUT2D eigenvalue weighted by atomic mass is 10.1. The third kappa shape index (κ3) is 2.40. The van der Waals surface area contributed by atoms with Gasteiger partial charge in [-0.05, 0) is 37.8 Å². The highest BCUT2D eigenvalue weighted by atomic mass is 32.1. The number of likely N-dealkylation sites (tertiary alicyclic amines) is 1. The van der Waals surface area contributed by atoms with E-state index in [2.05, 4.69) is 30.9 Å². The summed E-state index contributed by atoms with van der Waals surface area (Å²) in [6.07, 6.45) is 4.83. The van der Waals surface area contributed by atoms with Gasteiger partial charge in [0.1, 0.15) is 5.69 Å². The van der Waals surface area contributed by atoms with E-state index in [4.69, 9.17) is 0 Å². The van der Waals surface area contributed by atoms with Crippen molar-refractivity contribution in [2.24, 2.45) is 5.92 Å². The van der Waals surface area contributed by atoms with Crippen LogP contribution in [0, 0.1) is 12.8 Å². The van der Waals surface area contributed by atoms with Crippen LogP contribution in [0.1, 0.15) is 40.1 Å². The van der Waals surface area contributed by atoms with Crippen LogP contribution < -0.4 is 0 Å². The number of hydrogen-bond acceptors (Lipinski definition) is 4. The van der Waals surface area contributed by atoms with E-state index in [9.17, 15) is 4.79 Å². The molecule has 0 bridgehead atoms. The number of carbonyl (C=O) groups excluding carboxylic acids is 1. The molecule has 1 amide bonds. The standard InChI is InChI=1S/C18H22N4OS/c1-12-19-14(11-24-12)8-22-17-10-20(7-13-4-5-13)9-16(17)21-6-2-3-15(21)18(22)23/h2-3,6,11,13,16-17H,4-5,7-10H2,1H3/t16-,17+/m0/s1. The maximum atomic E-state index is 13.0. The molecule has 5 nitrogen and oxygen atoms in total. The van der Waals surface area contributed by atoms with Gasteiger partial charge in [0.2, 0.25) is 0 Å². The van der Waals surface area contributed by atoms with Crippen molar-refractivity contribution in [1.29, 1.82) is 0 Å². The molecule has 1 saturated carbocycles. The van der Waals surface area contributed by atoms with Gasteiger partial charge >= 0.3 is 0 Å². The van der Waals surface area contributed by atoms with Crippen molar-refractivity contribution in [3.63, 3.8) is 0 Å². The van der Waals surface area contributed by atoms with Gasteiger partial charge in [0.15, 0.2) is 0 Å². The van der Waals surface area contributed by atoms with Crippen LogP contribution in [-0.2, 0) is 6.54 Å². The zero-order valence-electron chi connectivity index (χ0n) is 13.9. The molecule has 2 aromatic heterocycles. The first-order chi connectivity index (χ1) is 11.7. The summed E-state index contributed by atoms with van der Waals surface area (Å²) in [5.41, 5.74) is 1.85.